The van der Waals surface area contributed by atoms with Gasteiger partial charge in [0.2, 0.25) is 0 Å². The van der Waals surface area contributed by atoms with Gasteiger partial charge in [-0.1, -0.05) is 28.9 Å². The minimum atomic E-state index is -0.363. The highest BCUT2D eigenvalue weighted by Crippen LogP contribution is 2.31. The summed E-state index contributed by atoms with van der Waals surface area (Å²) in [5.74, 6) is -0.288. The van der Waals surface area contributed by atoms with Crippen molar-refractivity contribution >= 4 is 31.9 Å². The SMILES string of the molecule is CCCn1ncc(Br)c1C(N)c1ccc(F)cc1Br. The number of rotatable bonds is 4. The van der Waals surface area contributed by atoms with Crippen LogP contribution < -0.4 is 5.73 Å². The van der Waals surface area contributed by atoms with Crippen molar-refractivity contribution in [1.82, 2.24) is 9.78 Å². The van der Waals surface area contributed by atoms with Gasteiger partial charge < -0.3 is 5.73 Å². The quantitative estimate of drug-likeness (QED) is 0.857. The van der Waals surface area contributed by atoms with Gasteiger partial charge in [-0.15, -0.1) is 0 Å². The third kappa shape index (κ3) is 3.07. The summed E-state index contributed by atoms with van der Waals surface area (Å²) >= 11 is 6.83. The lowest BCUT2D eigenvalue weighted by atomic mass is 10.0. The van der Waals surface area contributed by atoms with E-state index in [1.807, 2.05) is 4.68 Å². The molecule has 1 unspecified atom stereocenters. The van der Waals surface area contributed by atoms with E-state index in [0.717, 1.165) is 28.7 Å². The summed E-state index contributed by atoms with van der Waals surface area (Å²) in [4.78, 5) is 0. The monoisotopic (exact) mass is 389 g/mol. The van der Waals surface area contributed by atoms with Crippen LogP contribution in [-0.4, -0.2) is 9.78 Å². The zero-order valence-electron chi connectivity index (χ0n) is 10.4. The van der Waals surface area contributed by atoms with Gasteiger partial charge >= 0.3 is 0 Å². The normalized spacial score (nSPS) is 12.7. The molecular weight excluding hydrogens is 377 g/mol. The fourth-order valence-electron chi connectivity index (χ4n) is 1.97. The fourth-order valence-corrected chi connectivity index (χ4v) is 3.11. The number of nitrogens with two attached hydrogens (primary N) is 1. The number of nitrogens with zero attached hydrogens (tertiary/aromatic N) is 2. The third-order valence-electron chi connectivity index (χ3n) is 2.86. The molecule has 2 rings (SSSR count). The van der Waals surface area contributed by atoms with Crippen molar-refractivity contribution in [1.29, 1.82) is 0 Å². The Balaban J connectivity index is 2.43. The van der Waals surface area contributed by atoms with Crippen LogP contribution in [0, 0.1) is 5.82 Å². The summed E-state index contributed by atoms with van der Waals surface area (Å²) in [6, 6.07) is 4.16. The maximum absolute atomic E-state index is 13.1. The first kappa shape index (κ1) is 14.7. The van der Waals surface area contributed by atoms with E-state index in [2.05, 4.69) is 43.9 Å². The molecule has 0 bridgehead atoms. The first-order chi connectivity index (χ1) is 9.04. The highest BCUT2D eigenvalue weighted by atomic mass is 79.9. The van der Waals surface area contributed by atoms with Crippen LogP contribution in [0.5, 0.6) is 0 Å². The number of hydrogen-bond acceptors (Lipinski definition) is 2. The molecule has 0 aliphatic carbocycles. The smallest absolute Gasteiger partial charge is 0.124 e. The standard InChI is InChI=1S/C13H14Br2FN3/c1-2-5-19-13(11(15)7-18-19)12(17)9-4-3-8(16)6-10(9)14/h3-4,6-7,12H,2,5,17H2,1H3. The van der Waals surface area contributed by atoms with E-state index < -0.39 is 0 Å². The molecule has 0 spiro atoms. The Morgan fingerprint density at radius 1 is 1.37 bits per heavy atom. The molecule has 0 saturated carbocycles. The second-order valence-corrected chi connectivity index (χ2v) is 5.95. The van der Waals surface area contributed by atoms with Crippen molar-refractivity contribution in [3.8, 4) is 0 Å². The van der Waals surface area contributed by atoms with Crippen LogP contribution in [0.15, 0.2) is 33.3 Å². The Morgan fingerprint density at radius 2 is 2.11 bits per heavy atom. The molecule has 19 heavy (non-hydrogen) atoms. The molecule has 0 saturated heterocycles. The van der Waals surface area contributed by atoms with Gasteiger partial charge in [0.25, 0.3) is 0 Å². The van der Waals surface area contributed by atoms with Crippen LogP contribution >= 0.6 is 31.9 Å². The summed E-state index contributed by atoms with van der Waals surface area (Å²) in [5, 5.41) is 4.30. The lowest BCUT2D eigenvalue weighted by molar-refractivity contribution is 0.557. The molecule has 1 heterocycles. The van der Waals surface area contributed by atoms with Crippen LogP contribution in [0.25, 0.3) is 0 Å². The van der Waals surface area contributed by atoms with E-state index >= 15 is 0 Å². The zero-order valence-corrected chi connectivity index (χ0v) is 13.6. The van der Waals surface area contributed by atoms with Gasteiger partial charge in [-0.2, -0.15) is 5.10 Å². The molecule has 1 atom stereocenters. The Bertz CT molecular complexity index is 583. The third-order valence-corrected chi connectivity index (χ3v) is 4.16. The minimum Gasteiger partial charge on any atom is -0.319 e. The summed E-state index contributed by atoms with van der Waals surface area (Å²) in [7, 11) is 0. The minimum absolute atomic E-state index is 0.288. The average molecular weight is 391 g/mol. The fraction of sp³-hybridized carbons (Fsp3) is 0.308. The van der Waals surface area contributed by atoms with Crippen LogP contribution in [0.4, 0.5) is 4.39 Å². The Kier molecular flexibility index (Phi) is 4.76. The van der Waals surface area contributed by atoms with E-state index in [1.165, 1.54) is 12.1 Å². The second kappa shape index (κ2) is 6.15. The maximum atomic E-state index is 13.1. The molecule has 102 valence electrons. The number of aryl methyl sites for hydroxylation is 1. The summed E-state index contributed by atoms with van der Waals surface area (Å²) in [6.45, 7) is 2.88. The summed E-state index contributed by atoms with van der Waals surface area (Å²) < 4.78 is 16.5. The predicted molar refractivity (Wildman–Crippen MR) is 80.3 cm³/mol. The van der Waals surface area contributed by atoms with Crippen LogP contribution in [0.3, 0.4) is 0 Å². The Hall–Kier alpha value is -0.720. The maximum Gasteiger partial charge on any atom is 0.124 e. The second-order valence-electron chi connectivity index (χ2n) is 4.24. The van der Waals surface area contributed by atoms with E-state index in [9.17, 15) is 4.39 Å². The molecule has 0 radical (unpaired) electrons. The number of hydrogen-bond donors (Lipinski definition) is 1. The molecular formula is C13H14Br2FN3. The molecule has 2 N–H and O–H groups in total. The van der Waals surface area contributed by atoms with Crippen LogP contribution in [-0.2, 0) is 6.54 Å². The van der Waals surface area contributed by atoms with Crippen molar-refractivity contribution in [2.24, 2.45) is 5.73 Å². The van der Waals surface area contributed by atoms with Gasteiger partial charge in [0.05, 0.1) is 22.4 Å². The van der Waals surface area contributed by atoms with Gasteiger partial charge in [-0.05, 0) is 40.0 Å². The predicted octanol–water partition coefficient (Wildman–Crippen LogP) is 4.01. The molecule has 0 aliphatic heterocycles. The van der Waals surface area contributed by atoms with Gasteiger partial charge in [-0.25, -0.2) is 4.39 Å². The van der Waals surface area contributed by atoms with Crippen molar-refractivity contribution in [3.63, 3.8) is 0 Å². The highest BCUT2D eigenvalue weighted by Gasteiger charge is 2.20. The molecule has 3 nitrogen and oxygen atoms in total. The largest absolute Gasteiger partial charge is 0.319 e. The van der Waals surface area contributed by atoms with Gasteiger partial charge in [-0.3, -0.25) is 4.68 Å². The Morgan fingerprint density at radius 3 is 2.74 bits per heavy atom. The van der Waals surface area contributed by atoms with Crippen molar-refractivity contribution in [2.75, 3.05) is 0 Å². The molecule has 0 amide bonds. The van der Waals surface area contributed by atoms with Gasteiger partial charge in [0.15, 0.2) is 0 Å². The molecule has 1 aromatic heterocycles. The molecule has 1 aromatic carbocycles. The van der Waals surface area contributed by atoms with Gasteiger partial charge in [0, 0.05) is 11.0 Å². The lowest BCUT2D eigenvalue weighted by Gasteiger charge is -2.16. The topological polar surface area (TPSA) is 43.8 Å². The first-order valence-corrected chi connectivity index (χ1v) is 7.55. The van der Waals surface area contributed by atoms with Crippen molar-refractivity contribution in [3.05, 3.63) is 50.4 Å². The number of benzene rings is 1. The van der Waals surface area contributed by atoms with Crippen molar-refractivity contribution in [2.45, 2.75) is 25.9 Å². The number of aromatic nitrogens is 2. The molecule has 0 fully saturated rings. The molecule has 2 aromatic rings. The summed E-state index contributed by atoms with van der Waals surface area (Å²) in [5.41, 5.74) is 8.03. The van der Waals surface area contributed by atoms with E-state index in [4.69, 9.17) is 5.73 Å². The highest BCUT2D eigenvalue weighted by molar-refractivity contribution is 9.10. The van der Waals surface area contributed by atoms with E-state index in [1.54, 1.807) is 12.3 Å². The molecule has 6 heteroatoms. The van der Waals surface area contributed by atoms with E-state index in [0.29, 0.717) is 4.47 Å². The number of halogens is 3. The van der Waals surface area contributed by atoms with Crippen LogP contribution in [0.2, 0.25) is 0 Å². The van der Waals surface area contributed by atoms with Gasteiger partial charge in [0.1, 0.15) is 5.82 Å². The summed E-state index contributed by atoms with van der Waals surface area (Å²) in [6.07, 6.45) is 2.71. The average Bonchev–Trinajstić information content (AvgIpc) is 2.70. The lowest BCUT2D eigenvalue weighted by Crippen LogP contribution is -2.18. The van der Waals surface area contributed by atoms with E-state index in [-0.39, 0.29) is 11.9 Å². The molecule has 0 aliphatic rings. The zero-order chi connectivity index (χ0) is 14.0. The first-order valence-electron chi connectivity index (χ1n) is 5.96. The van der Waals surface area contributed by atoms with Crippen LogP contribution in [0.1, 0.15) is 30.6 Å². The van der Waals surface area contributed by atoms with Crippen molar-refractivity contribution < 1.29 is 4.39 Å². The Labute approximate surface area is 128 Å².